The lowest BCUT2D eigenvalue weighted by Gasteiger charge is -2.09. The first-order chi connectivity index (χ1) is 9.72. The molecule has 20 heavy (non-hydrogen) atoms. The Hall–Kier alpha value is -2.61. The Labute approximate surface area is 118 Å². The van der Waals surface area contributed by atoms with E-state index in [4.69, 9.17) is 10.00 Å². The molecule has 0 aliphatic rings. The summed E-state index contributed by atoms with van der Waals surface area (Å²) in [5, 5.41) is 12.1. The van der Waals surface area contributed by atoms with Crippen molar-refractivity contribution in [2.45, 2.75) is 20.3 Å². The van der Waals surface area contributed by atoms with Gasteiger partial charge in [0.25, 0.3) is 0 Å². The van der Waals surface area contributed by atoms with Crippen LogP contribution in [0.2, 0.25) is 0 Å². The van der Waals surface area contributed by atoms with Crippen molar-refractivity contribution in [3.8, 4) is 17.7 Å². The number of hydrogen-bond donors (Lipinski definition) is 1. The first kappa shape index (κ1) is 13.8. The molecule has 2 aromatic rings. The predicted molar refractivity (Wildman–Crippen MR) is 76.8 cm³/mol. The van der Waals surface area contributed by atoms with Crippen LogP contribution in [0, 0.1) is 18.3 Å². The minimum atomic E-state index is 0.455. The van der Waals surface area contributed by atoms with Gasteiger partial charge < -0.3 is 10.1 Å². The number of nitrogens with one attached hydrogen (secondary N) is 1. The standard InChI is InChI=1S/C15H16N4O/c1-3-6-17-14-8-15(19-10-18-14)20-13-7-12(9-16)5-4-11(13)2/h4-5,7-8,10H,3,6H2,1-2H3,(H,17,18,19). The number of aryl methyl sites for hydroxylation is 1. The van der Waals surface area contributed by atoms with E-state index in [0.29, 0.717) is 17.2 Å². The molecule has 0 fully saturated rings. The summed E-state index contributed by atoms with van der Waals surface area (Å²) in [7, 11) is 0. The van der Waals surface area contributed by atoms with Gasteiger partial charge in [-0.1, -0.05) is 13.0 Å². The minimum Gasteiger partial charge on any atom is -0.439 e. The lowest BCUT2D eigenvalue weighted by Crippen LogP contribution is -2.02. The highest BCUT2D eigenvalue weighted by molar-refractivity contribution is 5.44. The van der Waals surface area contributed by atoms with E-state index >= 15 is 0 Å². The van der Waals surface area contributed by atoms with Crippen LogP contribution in [0.3, 0.4) is 0 Å². The van der Waals surface area contributed by atoms with Crippen LogP contribution in [0.25, 0.3) is 0 Å². The van der Waals surface area contributed by atoms with Gasteiger partial charge in [-0.2, -0.15) is 5.26 Å². The van der Waals surface area contributed by atoms with Gasteiger partial charge in [0.1, 0.15) is 17.9 Å². The second-order valence-corrected chi connectivity index (χ2v) is 4.36. The van der Waals surface area contributed by atoms with Crippen molar-refractivity contribution in [2.24, 2.45) is 0 Å². The molecule has 1 heterocycles. The molecular formula is C15H16N4O. The van der Waals surface area contributed by atoms with E-state index in [9.17, 15) is 0 Å². The number of aromatic nitrogens is 2. The van der Waals surface area contributed by atoms with Crippen molar-refractivity contribution < 1.29 is 4.74 Å². The Morgan fingerprint density at radius 2 is 2.15 bits per heavy atom. The fraction of sp³-hybridized carbons (Fsp3) is 0.267. The maximum Gasteiger partial charge on any atom is 0.224 e. The predicted octanol–water partition coefficient (Wildman–Crippen LogP) is 3.27. The molecular weight excluding hydrogens is 252 g/mol. The number of benzene rings is 1. The molecule has 0 bridgehead atoms. The number of nitriles is 1. The zero-order chi connectivity index (χ0) is 14.4. The third kappa shape index (κ3) is 3.45. The van der Waals surface area contributed by atoms with E-state index in [1.807, 2.05) is 13.0 Å². The van der Waals surface area contributed by atoms with Crippen LogP contribution in [-0.2, 0) is 0 Å². The van der Waals surface area contributed by atoms with Gasteiger partial charge in [0.2, 0.25) is 5.88 Å². The van der Waals surface area contributed by atoms with Gasteiger partial charge in [0.05, 0.1) is 11.6 Å². The van der Waals surface area contributed by atoms with E-state index in [1.165, 1.54) is 6.33 Å². The van der Waals surface area contributed by atoms with Crippen molar-refractivity contribution in [3.05, 3.63) is 41.7 Å². The zero-order valence-corrected chi connectivity index (χ0v) is 11.6. The lowest BCUT2D eigenvalue weighted by molar-refractivity contribution is 0.458. The van der Waals surface area contributed by atoms with E-state index in [-0.39, 0.29) is 0 Å². The lowest BCUT2D eigenvalue weighted by atomic mass is 10.1. The Bertz CT molecular complexity index is 634. The van der Waals surface area contributed by atoms with Crippen molar-refractivity contribution in [3.63, 3.8) is 0 Å². The molecule has 5 nitrogen and oxygen atoms in total. The molecule has 1 aromatic carbocycles. The Kier molecular flexibility index (Phi) is 4.51. The average molecular weight is 268 g/mol. The normalized spacial score (nSPS) is 9.85. The van der Waals surface area contributed by atoms with Gasteiger partial charge in [0.15, 0.2) is 0 Å². The fourth-order valence-corrected chi connectivity index (χ4v) is 1.64. The largest absolute Gasteiger partial charge is 0.439 e. The average Bonchev–Trinajstić information content (AvgIpc) is 2.48. The second-order valence-electron chi connectivity index (χ2n) is 4.36. The monoisotopic (exact) mass is 268 g/mol. The number of hydrogen-bond acceptors (Lipinski definition) is 5. The number of ether oxygens (including phenoxy) is 1. The molecule has 0 aliphatic heterocycles. The van der Waals surface area contributed by atoms with Crippen LogP contribution in [0.5, 0.6) is 11.6 Å². The Balaban J connectivity index is 2.19. The number of nitrogens with zero attached hydrogens (tertiary/aromatic N) is 3. The summed E-state index contributed by atoms with van der Waals surface area (Å²) < 4.78 is 5.73. The van der Waals surface area contributed by atoms with Crippen molar-refractivity contribution >= 4 is 5.82 Å². The van der Waals surface area contributed by atoms with Crippen LogP contribution in [0.1, 0.15) is 24.5 Å². The molecule has 0 amide bonds. The molecule has 0 atom stereocenters. The van der Waals surface area contributed by atoms with E-state index in [0.717, 1.165) is 24.3 Å². The quantitative estimate of drug-likeness (QED) is 0.901. The Morgan fingerprint density at radius 1 is 1.30 bits per heavy atom. The van der Waals surface area contributed by atoms with Gasteiger partial charge in [-0.15, -0.1) is 0 Å². The maximum absolute atomic E-state index is 8.92. The summed E-state index contributed by atoms with van der Waals surface area (Å²) in [6.07, 6.45) is 2.47. The van der Waals surface area contributed by atoms with Crippen molar-refractivity contribution in [2.75, 3.05) is 11.9 Å². The molecule has 2 rings (SSSR count). The van der Waals surface area contributed by atoms with Crippen LogP contribution >= 0.6 is 0 Å². The molecule has 0 saturated carbocycles. The highest BCUT2D eigenvalue weighted by atomic mass is 16.5. The van der Waals surface area contributed by atoms with Crippen LogP contribution in [-0.4, -0.2) is 16.5 Å². The number of rotatable bonds is 5. The van der Waals surface area contributed by atoms with E-state index in [1.54, 1.807) is 18.2 Å². The van der Waals surface area contributed by atoms with Crippen molar-refractivity contribution in [1.29, 1.82) is 5.26 Å². The smallest absolute Gasteiger partial charge is 0.224 e. The second kappa shape index (κ2) is 6.53. The molecule has 5 heteroatoms. The molecule has 0 saturated heterocycles. The van der Waals surface area contributed by atoms with Crippen LogP contribution in [0.15, 0.2) is 30.6 Å². The molecule has 102 valence electrons. The topological polar surface area (TPSA) is 70.8 Å². The first-order valence-electron chi connectivity index (χ1n) is 6.47. The molecule has 0 unspecified atom stereocenters. The number of anilines is 1. The van der Waals surface area contributed by atoms with E-state index in [2.05, 4.69) is 28.3 Å². The highest BCUT2D eigenvalue weighted by Gasteiger charge is 2.05. The van der Waals surface area contributed by atoms with Crippen LogP contribution in [0.4, 0.5) is 5.82 Å². The molecule has 0 radical (unpaired) electrons. The van der Waals surface area contributed by atoms with Gasteiger partial charge in [0, 0.05) is 12.6 Å². The SMILES string of the molecule is CCCNc1cc(Oc2cc(C#N)ccc2C)ncn1. The van der Waals surface area contributed by atoms with Gasteiger partial charge in [-0.25, -0.2) is 9.97 Å². The van der Waals surface area contributed by atoms with Crippen LogP contribution < -0.4 is 10.1 Å². The maximum atomic E-state index is 8.92. The first-order valence-corrected chi connectivity index (χ1v) is 6.47. The molecule has 1 aromatic heterocycles. The summed E-state index contributed by atoms with van der Waals surface area (Å²) in [6.45, 7) is 4.86. The third-order valence-corrected chi connectivity index (χ3v) is 2.73. The summed E-state index contributed by atoms with van der Waals surface area (Å²) >= 11 is 0. The zero-order valence-electron chi connectivity index (χ0n) is 11.6. The van der Waals surface area contributed by atoms with Gasteiger partial charge >= 0.3 is 0 Å². The molecule has 1 N–H and O–H groups in total. The van der Waals surface area contributed by atoms with E-state index < -0.39 is 0 Å². The molecule has 0 aliphatic carbocycles. The summed E-state index contributed by atoms with van der Waals surface area (Å²) in [5.74, 6) is 1.81. The van der Waals surface area contributed by atoms with Crippen molar-refractivity contribution in [1.82, 2.24) is 9.97 Å². The van der Waals surface area contributed by atoms with Gasteiger partial charge in [-0.3, -0.25) is 0 Å². The fourth-order valence-electron chi connectivity index (χ4n) is 1.64. The third-order valence-electron chi connectivity index (χ3n) is 2.73. The summed E-state index contributed by atoms with van der Waals surface area (Å²) in [6, 6.07) is 9.16. The van der Waals surface area contributed by atoms with Gasteiger partial charge in [-0.05, 0) is 31.0 Å². The highest BCUT2D eigenvalue weighted by Crippen LogP contribution is 2.25. The molecule has 0 spiro atoms. The Morgan fingerprint density at radius 3 is 2.90 bits per heavy atom. The summed E-state index contributed by atoms with van der Waals surface area (Å²) in [4.78, 5) is 8.20. The minimum absolute atomic E-state index is 0.455. The summed E-state index contributed by atoms with van der Waals surface area (Å²) in [5.41, 5.74) is 1.51.